The van der Waals surface area contributed by atoms with E-state index in [1.807, 2.05) is 32.0 Å². The predicted molar refractivity (Wildman–Crippen MR) is 181 cm³/mol. The summed E-state index contributed by atoms with van der Waals surface area (Å²) in [6.45, 7) is 7.05. The Labute approximate surface area is 290 Å². The highest BCUT2D eigenvalue weighted by Gasteiger charge is 2.64. The number of aromatic nitrogens is 2. The lowest BCUT2D eigenvalue weighted by Crippen LogP contribution is -2.54. The first kappa shape index (κ1) is 35.6. The molecule has 10 nitrogen and oxygen atoms in total. The molecule has 3 aromatic rings. The van der Waals surface area contributed by atoms with Gasteiger partial charge < -0.3 is 15.0 Å². The van der Waals surface area contributed by atoms with E-state index in [-0.39, 0.29) is 66.0 Å². The van der Waals surface area contributed by atoms with Crippen LogP contribution in [-0.4, -0.2) is 66.0 Å². The van der Waals surface area contributed by atoms with E-state index in [9.17, 15) is 31.2 Å². The first-order chi connectivity index (χ1) is 23.6. The number of anilines is 1. The number of aryl methyl sites for hydroxylation is 2. The standard InChI is InChI=1S/C36H42F3N5O5S/c1-21(2)32(45)40-25-11-13-26(14-12-25)44-27(19-35(15-16-35)36(37,38)39)20-49-30-18-29(31-22(3)7-5-8-23(31)4)41-34(42-30)43-50(47,48)28-10-6-9-24(17-28)33(44)46/h5-10,17-18,21,25-27H,11-16,19-20H2,1-4H3,(H,40,45)(H,41,42,43)/t25-,26-,27-/m1/s1. The quantitative estimate of drug-likeness (QED) is 0.295. The van der Waals surface area contributed by atoms with E-state index >= 15 is 0 Å². The lowest BCUT2D eigenvalue weighted by Gasteiger charge is -2.43. The van der Waals surface area contributed by atoms with Gasteiger partial charge in [0, 0.05) is 35.2 Å². The van der Waals surface area contributed by atoms with Gasteiger partial charge in [-0.1, -0.05) is 38.1 Å². The summed E-state index contributed by atoms with van der Waals surface area (Å²) in [7, 11) is -4.31. The molecule has 14 heteroatoms. The van der Waals surface area contributed by atoms with Gasteiger partial charge in [0.15, 0.2) is 0 Å². The number of amides is 2. The van der Waals surface area contributed by atoms with Crippen molar-refractivity contribution in [3.8, 4) is 17.1 Å². The molecular formula is C36H42F3N5O5S. The zero-order chi connectivity index (χ0) is 36.0. The summed E-state index contributed by atoms with van der Waals surface area (Å²) >= 11 is 0. The largest absolute Gasteiger partial charge is 0.475 e. The predicted octanol–water partition coefficient (Wildman–Crippen LogP) is 6.58. The van der Waals surface area contributed by atoms with Crippen molar-refractivity contribution in [3.05, 3.63) is 65.2 Å². The first-order valence-electron chi connectivity index (χ1n) is 17.0. The molecule has 4 bridgehead atoms. The van der Waals surface area contributed by atoms with Crippen LogP contribution >= 0.6 is 0 Å². The van der Waals surface area contributed by atoms with Crippen LogP contribution in [0.2, 0.25) is 0 Å². The second-order valence-electron chi connectivity index (χ2n) is 14.1. The highest BCUT2D eigenvalue weighted by atomic mass is 32.2. The molecule has 1 aliphatic heterocycles. The van der Waals surface area contributed by atoms with E-state index in [0.29, 0.717) is 31.4 Å². The number of nitrogens with zero attached hydrogens (tertiary/aromatic N) is 3. The number of fused-ring (bicyclic) bond motifs is 4. The van der Waals surface area contributed by atoms with Gasteiger partial charge in [0.25, 0.3) is 15.9 Å². The van der Waals surface area contributed by atoms with Gasteiger partial charge in [-0.05, 0) is 88.1 Å². The van der Waals surface area contributed by atoms with Crippen molar-refractivity contribution in [3.63, 3.8) is 0 Å². The van der Waals surface area contributed by atoms with E-state index in [0.717, 1.165) is 16.7 Å². The van der Waals surface area contributed by atoms with E-state index in [2.05, 4.69) is 20.0 Å². The van der Waals surface area contributed by atoms with Crippen molar-refractivity contribution < 1.29 is 35.9 Å². The molecule has 268 valence electrons. The maximum Gasteiger partial charge on any atom is 0.394 e. The fourth-order valence-electron chi connectivity index (χ4n) is 7.14. The lowest BCUT2D eigenvalue weighted by molar-refractivity contribution is -0.193. The van der Waals surface area contributed by atoms with E-state index in [1.165, 1.54) is 35.2 Å². The number of nitrogens with one attached hydrogen (secondary N) is 2. The number of carbonyl (C=O) groups is 2. The zero-order valence-electron chi connectivity index (χ0n) is 28.5. The number of rotatable bonds is 6. The van der Waals surface area contributed by atoms with Crippen molar-refractivity contribution in [2.24, 2.45) is 11.3 Å². The van der Waals surface area contributed by atoms with E-state index in [1.54, 1.807) is 13.8 Å². The molecule has 2 fully saturated rings. The molecule has 2 amide bonds. The van der Waals surface area contributed by atoms with Crippen LogP contribution in [0.15, 0.2) is 53.4 Å². The molecule has 0 spiro atoms. The van der Waals surface area contributed by atoms with Crippen molar-refractivity contribution in [2.75, 3.05) is 11.3 Å². The summed E-state index contributed by atoms with van der Waals surface area (Å²) in [4.78, 5) is 37.0. The van der Waals surface area contributed by atoms with Crippen LogP contribution in [0.1, 0.15) is 80.3 Å². The number of hydrogen-bond acceptors (Lipinski definition) is 7. The maximum atomic E-state index is 14.5. The third-order valence-electron chi connectivity index (χ3n) is 10.2. The Morgan fingerprint density at radius 2 is 1.70 bits per heavy atom. The number of halogens is 3. The molecule has 2 aliphatic carbocycles. The molecule has 50 heavy (non-hydrogen) atoms. The summed E-state index contributed by atoms with van der Waals surface area (Å²) in [6, 6.07) is 11.0. The number of hydrogen-bond donors (Lipinski definition) is 2. The topological polar surface area (TPSA) is 131 Å². The molecule has 6 rings (SSSR count). The fourth-order valence-corrected chi connectivity index (χ4v) is 8.13. The summed E-state index contributed by atoms with van der Waals surface area (Å²) in [5, 5.41) is 3.04. The molecule has 2 aromatic carbocycles. The van der Waals surface area contributed by atoms with Crippen molar-refractivity contribution in [1.82, 2.24) is 20.2 Å². The highest BCUT2D eigenvalue weighted by molar-refractivity contribution is 7.92. The maximum absolute atomic E-state index is 14.5. The fraction of sp³-hybridized carbons (Fsp3) is 0.500. The summed E-state index contributed by atoms with van der Waals surface area (Å²) < 4.78 is 79.5. The smallest absolute Gasteiger partial charge is 0.394 e. The van der Waals surface area contributed by atoms with Crippen molar-refractivity contribution in [1.29, 1.82) is 0 Å². The SMILES string of the molecule is Cc1cccc(C)c1-c1cc2nc(n1)NS(=O)(=O)c1cccc(c1)C(=O)N([C@H]1CC[C@H](NC(=O)C(C)C)CC1)[C@H](CC1(C(F)(F)F)CC1)CO2. The minimum absolute atomic E-state index is 0.0214. The number of carbonyl (C=O) groups excluding carboxylic acids is 2. The molecule has 1 aromatic heterocycles. The van der Waals surface area contributed by atoms with Gasteiger partial charge in [-0.3, -0.25) is 9.59 Å². The van der Waals surface area contributed by atoms with Crippen molar-refractivity contribution >= 4 is 27.8 Å². The monoisotopic (exact) mass is 713 g/mol. The summed E-state index contributed by atoms with van der Waals surface area (Å²) in [6.07, 6.45) is -3.09. The van der Waals surface area contributed by atoms with Crippen LogP contribution in [0.3, 0.4) is 0 Å². The molecule has 3 aliphatic rings. The molecule has 0 unspecified atom stereocenters. The minimum Gasteiger partial charge on any atom is -0.475 e. The normalized spacial score (nSPS) is 23.1. The van der Waals surface area contributed by atoms with Crippen LogP contribution in [0, 0.1) is 25.2 Å². The van der Waals surface area contributed by atoms with Gasteiger partial charge in [-0.25, -0.2) is 18.1 Å². The number of sulfonamides is 1. The Kier molecular flexibility index (Phi) is 9.61. The Morgan fingerprint density at radius 1 is 1.04 bits per heavy atom. The number of ether oxygens (including phenoxy) is 1. The molecule has 2 saturated carbocycles. The lowest BCUT2D eigenvalue weighted by atomic mass is 9.87. The van der Waals surface area contributed by atoms with Gasteiger partial charge in [-0.2, -0.15) is 18.2 Å². The summed E-state index contributed by atoms with van der Waals surface area (Å²) in [5.41, 5.74) is 0.882. The van der Waals surface area contributed by atoms with Gasteiger partial charge >= 0.3 is 6.18 Å². The van der Waals surface area contributed by atoms with Crippen LogP contribution in [0.4, 0.5) is 19.1 Å². The molecule has 2 N–H and O–H groups in total. The molecule has 2 heterocycles. The average molecular weight is 714 g/mol. The Hall–Kier alpha value is -4.20. The summed E-state index contributed by atoms with van der Waals surface area (Å²) in [5.74, 6) is -1.20. The molecule has 0 saturated heterocycles. The van der Waals surface area contributed by atoms with Crippen LogP contribution in [0.5, 0.6) is 5.88 Å². The second kappa shape index (κ2) is 13.5. The average Bonchev–Trinajstić information content (AvgIpc) is 3.85. The Bertz CT molecular complexity index is 1870. The van der Waals surface area contributed by atoms with Gasteiger partial charge in [0.05, 0.1) is 22.0 Å². The number of alkyl halides is 3. The third kappa shape index (κ3) is 7.31. The molecule has 1 atom stereocenters. The molecular weight excluding hydrogens is 671 g/mol. The van der Waals surface area contributed by atoms with Gasteiger partial charge in [-0.15, -0.1) is 0 Å². The van der Waals surface area contributed by atoms with Crippen LogP contribution in [-0.2, 0) is 14.8 Å². The van der Waals surface area contributed by atoms with Crippen molar-refractivity contribution in [2.45, 2.75) is 102 Å². The van der Waals surface area contributed by atoms with Crippen LogP contribution < -0.4 is 14.8 Å². The van der Waals surface area contributed by atoms with Crippen LogP contribution in [0.25, 0.3) is 11.3 Å². The zero-order valence-corrected chi connectivity index (χ0v) is 29.3. The Morgan fingerprint density at radius 3 is 2.32 bits per heavy atom. The highest BCUT2D eigenvalue weighted by Crippen LogP contribution is 2.61. The molecule has 0 radical (unpaired) electrons. The second-order valence-corrected chi connectivity index (χ2v) is 15.8. The third-order valence-corrected chi connectivity index (χ3v) is 11.5. The van der Waals surface area contributed by atoms with Gasteiger partial charge in [0.1, 0.15) is 6.61 Å². The minimum atomic E-state index is -4.49. The Balaban J connectivity index is 1.45. The number of benzene rings is 2. The first-order valence-corrected chi connectivity index (χ1v) is 18.5. The van der Waals surface area contributed by atoms with Gasteiger partial charge in [0.2, 0.25) is 17.7 Å². The van der Waals surface area contributed by atoms with E-state index < -0.39 is 39.6 Å². The van der Waals surface area contributed by atoms with E-state index in [4.69, 9.17) is 4.74 Å².